The van der Waals surface area contributed by atoms with Gasteiger partial charge in [0.25, 0.3) is 0 Å². The van der Waals surface area contributed by atoms with Crippen molar-refractivity contribution in [3.05, 3.63) is 94.8 Å². The molecule has 5 heteroatoms. The molecule has 3 heterocycles. The number of hydrazone groups is 1. The molecule has 0 fully saturated rings. The van der Waals surface area contributed by atoms with Gasteiger partial charge in [0, 0.05) is 35.0 Å². The Hall–Kier alpha value is -2.85. The summed E-state index contributed by atoms with van der Waals surface area (Å²) in [7, 11) is 0. The van der Waals surface area contributed by atoms with Gasteiger partial charge < -0.3 is 4.74 Å². The van der Waals surface area contributed by atoms with E-state index in [0.717, 1.165) is 34.0 Å². The standard InChI is InChI=1S/C21H16ClN3O/c22-16-7-5-14(6-8-16)18-13-19-17-3-1-2-4-20(17)26-21(25(19)24-18)15-9-11-23-12-10-15/h1-12,19,21H,13H2. The predicted octanol–water partition coefficient (Wildman–Crippen LogP) is 4.98. The Kier molecular flexibility index (Phi) is 3.64. The molecule has 128 valence electrons. The Morgan fingerprint density at radius 3 is 2.54 bits per heavy atom. The highest BCUT2D eigenvalue weighted by atomic mass is 35.5. The number of halogens is 1. The molecule has 2 aromatic carbocycles. The van der Waals surface area contributed by atoms with Crippen LogP contribution in [0.3, 0.4) is 0 Å². The molecule has 0 spiro atoms. The number of nitrogens with zero attached hydrogens (tertiary/aromatic N) is 3. The zero-order chi connectivity index (χ0) is 17.5. The summed E-state index contributed by atoms with van der Waals surface area (Å²) in [5.74, 6) is 0.920. The van der Waals surface area contributed by atoms with Crippen LogP contribution in [0.25, 0.3) is 0 Å². The first-order chi connectivity index (χ1) is 12.8. The number of hydrogen-bond donors (Lipinski definition) is 0. The van der Waals surface area contributed by atoms with Gasteiger partial charge in [0.1, 0.15) is 5.75 Å². The molecule has 1 aromatic heterocycles. The fraction of sp³-hybridized carbons (Fsp3) is 0.143. The summed E-state index contributed by atoms with van der Waals surface area (Å²) >= 11 is 6.03. The summed E-state index contributed by atoms with van der Waals surface area (Å²) in [5, 5.41) is 7.73. The van der Waals surface area contributed by atoms with E-state index in [1.165, 1.54) is 5.56 Å². The molecule has 0 N–H and O–H groups in total. The van der Waals surface area contributed by atoms with Gasteiger partial charge >= 0.3 is 0 Å². The average molecular weight is 362 g/mol. The molecule has 0 radical (unpaired) electrons. The van der Waals surface area contributed by atoms with Gasteiger partial charge in [-0.25, -0.2) is 5.01 Å². The number of rotatable bonds is 2. The first kappa shape index (κ1) is 15.4. The minimum absolute atomic E-state index is 0.156. The number of aromatic nitrogens is 1. The first-order valence-corrected chi connectivity index (χ1v) is 8.95. The summed E-state index contributed by atoms with van der Waals surface area (Å²) in [6.45, 7) is 0. The van der Waals surface area contributed by atoms with Crippen LogP contribution in [-0.2, 0) is 0 Å². The summed E-state index contributed by atoms with van der Waals surface area (Å²) in [5.41, 5.74) is 4.35. The third-order valence-corrected chi connectivity index (χ3v) is 5.12. The molecule has 3 aromatic rings. The van der Waals surface area contributed by atoms with Crippen molar-refractivity contribution in [2.75, 3.05) is 0 Å². The van der Waals surface area contributed by atoms with Crippen LogP contribution >= 0.6 is 11.6 Å². The average Bonchev–Trinajstić information content (AvgIpc) is 3.14. The van der Waals surface area contributed by atoms with Gasteiger partial charge in [0.05, 0.1) is 11.8 Å². The number of benzene rings is 2. The van der Waals surface area contributed by atoms with E-state index < -0.39 is 0 Å². The van der Waals surface area contributed by atoms with E-state index in [1.54, 1.807) is 12.4 Å². The fourth-order valence-electron chi connectivity index (χ4n) is 3.60. The highest BCUT2D eigenvalue weighted by Gasteiger charge is 2.40. The molecule has 2 unspecified atom stereocenters. The van der Waals surface area contributed by atoms with Crippen molar-refractivity contribution in [3.63, 3.8) is 0 Å². The zero-order valence-corrected chi connectivity index (χ0v) is 14.7. The lowest BCUT2D eigenvalue weighted by atomic mass is 9.96. The number of hydrogen-bond acceptors (Lipinski definition) is 4. The van der Waals surface area contributed by atoms with Crippen molar-refractivity contribution in [1.82, 2.24) is 9.99 Å². The van der Waals surface area contributed by atoms with E-state index in [2.05, 4.69) is 16.1 Å². The first-order valence-electron chi connectivity index (χ1n) is 8.57. The van der Waals surface area contributed by atoms with Crippen LogP contribution in [0.5, 0.6) is 5.75 Å². The van der Waals surface area contributed by atoms with Crippen molar-refractivity contribution in [2.24, 2.45) is 5.10 Å². The number of ether oxygens (including phenoxy) is 1. The van der Waals surface area contributed by atoms with Gasteiger partial charge in [-0.3, -0.25) is 4.98 Å². The van der Waals surface area contributed by atoms with Crippen molar-refractivity contribution in [3.8, 4) is 5.75 Å². The van der Waals surface area contributed by atoms with Crippen LogP contribution in [0.15, 0.2) is 78.2 Å². The molecule has 4 nitrogen and oxygen atoms in total. The van der Waals surface area contributed by atoms with Gasteiger partial charge in [-0.15, -0.1) is 0 Å². The molecule has 0 bridgehead atoms. The highest BCUT2D eigenvalue weighted by molar-refractivity contribution is 6.30. The molecular formula is C21H16ClN3O. The Balaban J connectivity index is 1.59. The van der Waals surface area contributed by atoms with Crippen LogP contribution in [-0.4, -0.2) is 15.7 Å². The molecule has 0 amide bonds. The third kappa shape index (κ3) is 2.54. The molecule has 0 aliphatic carbocycles. The maximum absolute atomic E-state index is 6.31. The van der Waals surface area contributed by atoms with Gasteiger partial charge in [-0.1, -0.05) is 41.9 Å². The summed E-state index contributed by atoms with van der Waals surface area (Å²) in [4.78, 5) is 4.12. The smallest absolute Gasteiger partial charge is 0.213 e. The predicted molar refractivity (Wildman–Crippen MR) is 101 cm³/mol. The minimum atomic E-state index is -0.261. The van der Waals surface area contributed by atoms with E-state index in [4.69, 9.17) is 21.4 Å². The molecule has 2 aliphatic rings. The van der Waals surface area contributed by atoms with Gasteiger partial charge in [0.2, 0.25) is 6.23 Å². The van der Waals surface area contributed by atoms with Crippen LogP contribution in [0.1, 0.15) is 35.4 Å². The van der Waals surface area contributed by atoms with Crippen LogP contribution in [0.4, 0.5) is 0 Å². The molecule has 0 saturated carbocycles. The lowest BCUT2D eigenvalue weighted by Gasteiger charge is -2.38. The van der Waals surface area contributed by atoms with Crippen molar-refractivity contribution in [1.29, 1.82) is 0 Å². The van der Waals surface area contributed by atoms with Crippen LogP contribution in [0, 0.1) is 0 Å². The van der Waals surface area contributed by atoms with Gasteiger partial charge in [-0.05, 0) is 35.9 Å². The lowest BCUT2D eigenvalue weighted by Crippen LogP contribution is -2.33. The molecule has 2 atom stereocenters. The van der Waals surface area contributed by atoms with E-state index in [1.807, 2.05) is 54.6 Å². The Morgan fingerprint density at radius 2 is 1.73 bits per heavy atom. The van der Waals surface area contributed by atoms with Crippen molar-refractivity contribution >= 4 is 17.3 Å². The summed E-state index contributed by atoms with van der Waals surface area (Å²) in [6.07, 6.45) is 4.15. The number of pyridine rings is 1. The van der Waals surface area contributed by atoms with E-state index in [0.29, 0.717) is 0 Å². The van der Waals surface area contributed by atoms with E-state index >= 15 is 0 Å². The molecule has 2 aliphatic heterocycles. The van der Waals surface area contributed by atoms with E-state index in [9.17, 15) is 0 Å². The largest absolute Gasteiger partial charge is 0.464 e. The molecule has 26 heavy (non-hydrogen) atoms. The second kappa shape index (κ2) is 6.15. The zero-order valence-electron chi connectivity index (χ0n) is 13.9. The van der Waals surface area contributed by atoms with Crippen molar-refractivity contribution < 1.29 is 4.74 Å². The van der Waals surface area contributed by atoms with Crippen molar-refractivity contribution in [2.45, 2.75) is 18.7 Å². The third-order valence-electron chi connectivity index (χ3n) is 4.87. The Morgan fingerprint density at radius 1 is 0.962 bits per heavy atom. The lowest BCUT2D eigenvalue weighted by molar-refractivity contribution is -0.0190. The maximum Gasteiger partial charge on any atom is 0.213 e. The minimum Gasteiger partial charge on any atom is -0.464 e. The SMILES string of the molecule is Clc1ccc(C2=NN3C(C2)c2ccccc2OC3c2ccncc2)cc1. The molecular weight excluding hydrogens is 346 g/mol. The molecule has 0 saturated heterocycles. The Labute approximate surface area is 156 Å². The van der Waals surface area contributed by atoms with E-state index in [-0.39, 0.29) is 12.3 Å². The van der Waals surface area contributed by atoms with Gasteiger partial charge in [0.15, 0.2) is 0 Å². The second-order valence-electron chi connectivity index (χ2n) is 6.44. The van der Waals surface area contributed by atoms with Crippen LogP contribution in [0.2, 0.25) is 5.02 Å². The number of fused-ring (bicyclic) bond motifs is 3. The quantitative estimate of drug-likeness (QED) is 0.646. The molecule has 5 rings (SSSR count). The van der Waals surface area contributed by atoms with Gasteiger partial charge in [-0.2, -0.15) is 5.10 Å². The Bertz CT molecular complexity index is 972. The fourth-order valence-corrected chi connectivity index (χ4v) is 3.73. The van der Waals surface area contributed by atoms with Crippen LogP contribution < -0.4 is 4.74 Å². The number of para-hydroxylation sites is 1. The second-order valence-corrected chi connectivity index (χ2v) is 6.88. The monoisotopic (exact) mass is 361 g/mol. The topological polar surface area (TPSA) is 37.7 Å². The summed E-state index contributed by atoms with van der Waals surface area (Å²) in [6, 6.07) is 20.2. The summed E-state index contributed by atoms with van der Waals surface area (Å²) < 4.78 is 6.31. The maximum atomic E-state index is 6.31. The normalized spacial score (nSPS) is 20.8. The highest BCUT2D eigenvalue weighted by Crippen LogP contribution is 2.47.